The zero-order valence-corrected chi connectivity index (χ0v) is 7.96. The summed E-state index contributed by atoms with van der Waals surface area (Å²) in [5, 5.41) is 3.35. The number of aromatic amines is 1. The Bertz CT molecular complexity index is 534. The summed E-state index contributed by atoms with van der Waals surface area (Å²) >= 11 is 0.439. The van der Waals surface area contributed by atoms with E-state index in [1.807, 2.05) is 11.1 Å². The molecule has 0 unspecified atom stereocenters. The van der Waals surface area contributed by atoms with Crippen molar-refractivity contribution in [1.82, 2.24) is 9.97 Å². The summed E-state index contributed by atoms with van der Waals surface area (Å²) in [5.74, 6) is 0. The van der Waals surface area contributed by atoms with Crippen molar-refractivity contribution in [2.75, 3.05) is 0 Å². The van der Waals surface area contributed by atoms with Crippen LogP contribution >= 0.6 is 0 Å². The first kappa shape index (κ1) is 6.46. The average molecular weight is 221 g/mol. The predicted octanol–water partition coefficient (Wildman–Crippen LogP) is 1.77. The first-order valence-corrected chi connectivity index (χ1v) is 5.59. The van der Waals surface area contributed by atoms with Gasteiger partial charge in [0.15, 0.2) is 0 Å². The SMILES string of the molecule is c1ccc2c(c1)[nH]c1nc[se]c12. The normalized spacial score (nSPS) is 11.3. The van der Waals surface area contributed by atoms with Crippen molar-refractivity contribution in [3.05, 3.63) is 29.3 Å². The predicted molar refractivity (Wildman–Crippen MR) is 50.5 cm³/mol. The van der Waals surface area contributed by atoms with Gasteiger partial charge >= 0.3 is 74.6 Å². The van der Waals surface area contributed by atoms with Crippen LogP contribution in [0.3, 0.4) is 0 Å². The minimum atomic E-state index is 0.439. The summed E-state index contributed by atoms with van der Waals surface area (Å²) < 4.78 is 1.40. The van der Waals surface area contributed by atoms with Crippen molar-refractivity contribution in [1.29, 1.82) is 0 Å². The van der Waals surface area contributed by atoms with Crippen LogP contribution in [0.25, 0.3) is 20.8 Å². The molecule has 12 heavy (non-hydrogen) atoms. The number of benzene rings is 1. The third kappa shape index (κ3) is 0.724. The molecule has 58 valence electrons. The maximum atomic E-state index is 4.28. The molecular formula is C9H6N2Se. The van der Waals surface area contributed by atoms with Crippen LogP contribution in [0, 0.1) is 0 Å². The minimum absolute atomic E-state index is 0.439. The summed E-state index contributed by atoms with van der Waals surface area (Å²) in [7, 11) is 0. The summed E-state index contributed by atoms with van der Waals surface area (Å²) in [6.07, 6.45) is 0. The fourth-order valence-electron chi connectivity index (χ4n) is 1.44. The van der Waals surface area contributed by atoms with E-state index in [0.717, 1.165) is 5.65 Å². The standard InChI is InChI=1S/C9H6N2Se/c1-2-4-7-6(3-1)8-9(11-7)10-5-12-8/h1-5,11H. The van der Waals surface area contributed by atoms with Gasteiger partial charge in [-0.2, -0.15) is 0 Å². The van der Waals surface area contributed by atoms with E-state index < -0.39 is 0 Å². The number of H-pyrrole nitrogens is 1. The van der Waals surface area contributed by atoms with E-state index in [9.17, 15) is 0 Å². The molecule has 0 atom stereocenters. The molecule has 2 nitrogen and oxygen atoms in total. The molecule has 3 rings (SSSR count). The Morgan fingerprint density at radius 2 is 2.17 bits per heavy atom. The molecule has 1 N–H and O–H groups in total. The van der Waals surface area contributed by atoms with Crippen molar-refractivity contribution in [2.45, 2.75) is 0 Å². The topological polar surface area (TPSA) is 28.7 Å². The Kier molecular flexibility index (Phi) is 1.20. The Morgan fingerprint density at radius 1 is 1.25 bits per heavy atom. The molecule has 1 aromatic carbocycles. The van der Waals surface area contributed by atoms with Crippen LogP contribution < -0.4 is 0 Å². The number of hydrogen-bond donors (Lipinski definition) is 1. The van der Waals surface area contributed by atoms with E-state index in [4.69, 9.17) is 0 Å². The average Bonchev–Trinajstić information content (AvgIpc) is 2.62. The summed E-state index contributed by atoms with van der Waals surface area (Å²) in [6, 6.07) is 8.37. The van der Waals surface area contributed by atoms with E-state index >= 15 is 0 Å². The van der Waals surface area contributed by atoms with Crippen molar-refractivity contribution < 1.29 is 0 Å². The summed E-state index contributed by atoms with van der Waals surface area (Å²) in [4.78, 5) is 7.58. The van der Waals surface area contributed by atoms with Crippen molar-refractivity contribution in [3.63, 3.8) is 0 Å². The van der Waals surface area contributed by atoms with Gasteiger partial charge in [0.25, 0.3) is 0 Å². The van der Waals surface area contributed by atoms with Crippen LogP contribution in [0.4, 0.5) is 0 Å². The van der Waals surface area contributed by atoms with E-state index in [-0.39, 0.29) is 0 Å². The maximum absolute atomic E-state index is 4.28. The molecule has 0 aliphatic rings. The van der Waals surface area contributed by atoms with Gasteiger partial charge in [-0.25, -0.2) is 0 Å². The number of rotatable bonds is 0. The van der Waals surface area contributed by atoms with Gasteiger partial charge in [-0.3, -0.25) is 0 Å². The van der Waals surface area contributed by atoms with Crippen LogP contribution in [-0.4, -0.2) is 24.5 Å². The Hall–Kier alpha value is -1.05. The zero-order chi connectivity index (χ0) is 7.97. The van der Waals surface area contributed by atoms with Crippen LogP contribution in [-0.2, 0) is 0 Å². The molecular weight excluding hydrogens is 215 g/mol. The number of para-hydroxylation sites is 1. The summed E-state index contributed by atoms with van der Waals surface area (Å²) in [6.45, 7) is 0. The monoisotopic (exact) mass is 222 g/mol. The van der Waals surface area contributed by atoms with Gasteiger partial charge in [-0.1, -0.05) is 0 Å². The van der Waals surface area contributed by atoms with Gasteiger partial charge in [0.2, 0.25) is 0 Å². The Balaban J connectivity index is 2.68. The first-order chi connectivity index (χ1) is 5.95. The molecule has 0 radical (unpaired) electrons. The molecule has 0 aliphatic heterocycles. The summed E-state index contributed by atoms with van der Waals surface area (Å²) in [5.41, 5.74) is 2.28. The van der Waals surface area contributed by atoms with Crippen molar-refractivity contribution >= 4 is 35.3 Å². The second-order valence-electron chi connectivity index (χ2n) is 2.70. The van der Waals surface area contributed by atoms with E-state index in [1.54, 1.807) is 0 Å². The molecule has 0 bridgehead atoms. The third-order valence-electron chi connectivity index (χ3n) is 1.99. The molecule has 2 heterocycles. The van der Waals surface area contributed by atoms with Gasteiger partial charge in [-0.05, 0) is 0 Å². The van der Waals surface area contributed by atoms with Crippen LogP contribution in [0.1, 0.15) is 0 Å². The van der Waals surface area contributed by atoms with Crippen molar-refractivity contribution in [3.8, 4) is 0 Å². The second kappa shape index (κ2) is 2.22. The number of nitrogens with zero attached hydrogens (tertiary/aromatic N) is 1. The Morgan fingerprint density at radius 3 is 3.17 bits per heavy atom. The zero-order valence-electron chi connectivity index (χ0n) is 6.24. The molecule has 0 aliphatic carbocycles. The van der Waals surface area contributed by atoms with Gasteiger partial charge < -0.3 is 0 Å². The van der Waals surface area contributed by atoms with E-state index in [2.05, 4.69) is 28.2 Å². The first-order valence-electron chi connectivity index (χ1n) is 3.75. The fourth-order valence-corrected chi connectivity index (χ4v) is 3.09. The second-order valence-corrected chi connectivity index (χ2v) is 4.49. The van der Waals surface area contributed by atoms with Gasteiger partial charge in [-0.15, -0.1) is 0 Å². The van der Waals surface area contributed by atoms with Gasteiger partial charge in [0.05, 0.1) is 0 Å². The molecule has 3 heteroatoms. The van der Waals surface area contributed by atoms with Crippen LogP contribution in [0.2, 0.25) is 0 Å². The molecule has 0 fully saturated rings. The molecule has 0 saturated carbocycles. The van der Waals surface area contributed by atoms with E-state index in [1.165, 1.54) is 15.2 Å². The number of hydrogen-bond acceptors (Lipinski definition) is 1. The number of fused-ring (bicyclic) bond motifs is 3. The molecule has 0 spiro atoms. The fraction of sp³-hybridized carbons (Fsp3) is 0. The van der Waals surface area contributed by atoms with Crippen LogP contribution in [0.5, 0.6) is 0 Å². The number of aromatic nitrogens is 2. The molecule has 0 saturated heterocycles. The number of nitrogens with one attached hydrogen (secondary N) is 1. The Labute approximate surface area is 75.0 Å². The van der Waals surface area contributed by atoms with Gasteiger partial charge in [0, 0.05) is 0 Å². The van der Waals surface area contributed by atoms with Gasteiger partial charge in [0.1, 0.15) is 0 Å². The van der Waals surface area contributed by atoms with Crippen LogP contribution in [0.15, 0.2) is 29.3 Å². The molecule has 0 amide bonds. The quantitative estimate of drug-likeness (QED) is 0.576. The third-order valence-corrected chi connectivity index (χ3v) is 3.80. The van der Waals surface area contributed by atoms with Crippen molar-refractivity contribution in [2.24, 2.45) is 0 Å². The molecule has 2 aromatic heterocycles. The molecule has 3 aromatic rings. The van der Waals surface area contributed by atoms with E-state index in [0.29, 0.717) is 14.5 Å².